The fraction of sp³-hybridized carbons (Fsp3) is 0.200. The third kappa shape index (κ3) is 2.02. The summed E-state index contributed by atoms with van der Waals surface area (Å²) in [6.07, 6.45) is 1.51. The smallest absolute Gasteiger partial charge is 0.285 e. The molecule has 2 aromatic rings. The van der Waals surface area contributed by atoms with Crippen molar-refractivity contribution in [1.29, 1.82) is 0 Å². The van der Waals surface area contributed by atoms with Crippen molar-refractivity contribution in [3.8, 4) is 0 Å². The highest BCUT2D eigenvalue weighted by Gasteiger charge is 2.04. The highest BCUT2D eigenvalue weighted by molar-refractivity contribution is 9.10. The maximum Gasteiger partial charge on any atom is 0.345 e. The topological polar surface area (TPSA) is 39.8 Å². The molecule has 4 nitrogen and oxygen atoms in total. The lowest BCUT2D eigenvalue weighted by Gasteiger charge is -2.02. The van der Waals surface area contributed by atoms with Crippen molar-refractivity contribution in [2.75, 3.05) is 0 Å². The zero-order valence-electron chi connectivity index (χ0n) is 8.22. The van der Waals surface area contributed by atoms with E-state index >= 15 is 0 Å². The number of aryl methyl sites for hydroxylation is 1. The molecule has 1 aromatic heterocycles. The Balaban J connectivity index is 2.34. The molecule has 1 aromatic carbocycles. The zero-order valence-corrected chi connectivity index (χ0v) is 9.81. The van der Waals surface area contributed by atoms with Crippen LogP contribution in [0.4, 0.5) is 0 Å². The first-order valence-electron chi connectivity index (χ1n) is 4.50. The van der Waals surface area contributed by atoms with E-state index in [4.69, 9.17) is 0 Å². The number of aromatic nitrogens is 3. The lowest BCUT2D eigenvalue weighted by atomic mass is 10.2. The molecule has 0 fully saturated rings. The van der Waals surface area contributed by atoms with Gasteiger partial charge in [0.05, 0.1) is 6.54 Å². The number of benzene rings is 1. The summed E-state index contributed by atoms with van der Waals surface area (Å²) in [6, 6.07) is 7.79. The molecule has 0 spiro atoms. The third-order valence-electron chi connectivity index (χ3n) is 2.16. The van der Waals surface area contributed by atoms with Gasteiger partial charge in [0.15, 0.2) is 0 Å². The molecule has 15 heavy (non-hydrogen) atoms. The van der Waals surface area contributed by atoms with Crippen LogP contribution in [0.1, 0.15) is 5.56 Å². The lowest BCUT2D eigenvalue weighted by Crippen LogP contribution is -2.23. The van der Waals surface area contributed by atoms with E-state index in [0.717, 1.165) is 10.0 Å². The maximum atomic E-state index is 11.5. The summed E-state index contributed by atoms with van der Waals surface area (Å²) in [6.45, 7) is 0.487. The molecular formula is C10H10BrN3O. The summed E-state index contributed by atoms with van der Waals surface area (Å²) in [7, 11) is 1.69. The molecule has 0 aliphatic heterocycles. The molecule has 2 rings (SSSR count). The standard InChI is InChI=1S/C10H10BrN3O/c1-13-7-12-14(10(13)15)6-8-4-2-3-5-9(8)11/h2-5,7H,6H2,1H3. The number of halogens is 1. The molecule has 0 saturated carbocycles. The first-order chi connectivity index (χ1) is 7.18. The number of hydrogen-bond donors (Lipinski definition) is 0. The lowest BCUT2D eigenvalue weighted by molar-refractivity contribution is 0.645. The Hall–Kier alpha value is -1.36. The average Bonchev–Trinajstić information content (AvgIpc) is 2.53. The van der Waals surface area contributed by atoms with Gasteiger partial charge in [0.25, 0.3) is 0 Å². The summed E-state index contributed by atoms with van der Waals surface area (Å²) >= 11 is 3.44. The van der Waals surface area contributed by atoms with Crippen LogP contribution >= 0.6 is 15.9 Å². The van der Waals surface area contributed by atoms with Gasteiger partial charge in [0, 0.05) is 11.5 Å². The van der Waals surface area contributed by atoms with Crippen LogP contribution in [0.5, 0.6) is 0 Å². The highest BCUT2D eigenvalue weighted by atomic mass is 79.9. The Morgan fingerprint density at radius 2 is 2.13 bits per heavy atom. The molecule has 0 N–H and O–H groups in total. The second-order valence-electron chi connectivity index (χ2n) is 3.27. The van der Waals surface area contributed by atoms with Crippen LogP contribution in [0.15, 0.2) is 39.9 Å². The molecule has 0 aliphatic rings. The zero-order chi connectivity index (χ0) is 10.8. The van der Waals surface area contributed by atoms with Crippen LogP contribution in [-0.2, 0) is 13.6 Å². The van der Waals surface area contributed by atoms with Gasteiger partial charge in [-0.2, -0.15) is 5.10 Å². The Morgan fingerprint density at radius 1 is 1.40 bits per heavy atom. The Bertz CT molecular complexity index is 529. The van der Waals surface area contributed by atoms with Gasteiger partial charge < -0.3 is 0 Å². The minimum absolute atomic E-state index is 0.106. The van der Waals surface area contributed by atoms with Crippen LogP contribution in [0.25, 0.3) is 0 Å². The summed E-state index contributed by atoms with van der Waals surface area (Å²) in [5.74, 6) is 0. The monoisotopic (exact) mass is 267 g/mol. The van der Waals surface area contributed by atoms with Crippen LogP contribution in [0.2, 0.25) is 0 Å². The number of nitrogens with zero attached hydrogens (tertiary/aromatic N) is 3. The summed E-state index contributed by atoms with van der Waals surface area (Å²) in [4.78, 5) is 11.5. The van der Waals surface area contributed by atoms with E-state index < -0.39 is 0 Å². The van der Waals surface area contributed by atoms with Gasteiger partial charge in [-0.15, -0.1) is 0 Å². The maximum absolute atomic E-state index is 11.5. The second kappa shape index (κ2) is 4.02. The van der Waals surface area contributed by atoms with Gasteiger partial charge >= 0.3 is 5.69 Å². The third-order valence-corrected chi connectivity index (χ3v) is 2.94. The molecule has 0 bridgehead atoms. The second-order valence-corrected chi connectivity index (χ2v) is 4.13. The van der Waals surface area contributed by atoms with Crippen molar-refractivity contribution in [3.05, 3.63) is 51.1 Å². The number of hydrogen-bond acceptors (Lipinski definition) is 2. The van der Waals surface area contributed by atoms with Gasteiger partial charge in [-0.3, -0.25) is 4.57 Å². The van der Waals surface area contributed by atoms with Crippen molar-refractivity contribution >= 4 is 15.9 Å². The minimum Gasteiger partial charge on any atom is -0.285 e. The molecule has 0 saturated heterocycles. The molecule has 78 valence electrons. The van der Waals surface area contributed by atoms with Gasteiger partial charge in [-0.25, -0.2) is 9.48 Å². The van der Waals surface area contributed by atoms with Crippen molar-refractivity contribution < 1.29 is 0 Å². The van der Waals surface area contributed by atoms with E-state index in [-0.39, 0.29) is 5.69 Å². The van der Waals surface area contributed by atoms with E-state index in [0.29, 0.717) is 6.54 Å². The fourth-order valence-corrected chi connectivity index (χ4v) is 1.73. The van der Waals surface area contributed by atoms with Gasteiger partial charge in [0.2, 0.25) is 0 Å². The summed E-state index contributed by atoms with van der Waals surface area (Å²) in [5.41, 5.74) is 0.934. The fourth-order valence-electron chi connectivity index (χ4n) is 1.32. The van der Waals surface area contributed by atoms with Gasteiger partial charge in [0.1, 0.15) is 6.33 Å². The molecule has 0 aliphatic carbocycles. The van der Waals surface area contributed by atoms with E-state index in [1.54, 1.807) is 7.05 Å². The van der Waals surface area contributed by atoms with Crippen molar-refractivity contribution in [1.82, 2.24) is 14.3 Å². The van der Waals surface area contributed by atoms with Crippen molar-refractivity contribution in [3.63, 3.8) is 0 Å². The highest BCUT2D eigenvalue weighted by Crippen LogP contribution is 2.15. The summed E-state index contributed by atoms with van der Waals surface area (Å²) < 4.78 is 3.87. The van der Waals surface area contributed by atoms with E-state index in [2.05, 4.69) is 21.0 Å². The van der Waals surface area contributed by atoms with Crippen LogP contribution in [0.3, 0.4) is 0 Å². The molecule has 0 amide bonds. The van der Waals surface area contributed by atoms with Crippen molar-refractivity contribution in [2.24, 2.45) is 7.05 Å². The van der Waals surface area contributed by atoms with E-state index in [1.165, 1.54) is 15.6 Å². The largest absolute Gasteiger partial charge is 0.345 e. The Labute approximate surface area is 95.3 Å². The molecule has 0 unspecified atom stereocenters. The molecule has 0 radical (unpaired) electrons. The van der Waals surface area contributed by atoms with Crippen molar-refractivity contribution in [2.45, 2.75) is 6.54 Å². The van der Waals surface area contributed by atoms with Crippen LogP contribution in [0, 0.1) is 0 Å². The number of rotatable bonds is 2. The summed E-state index contributed by atoms with van der Waals surface area (Å²) in [5, 5.41) is 4.00. The van der Waals surface area contributed by atoms with Crippen LogP contribution in [-0.4, -0.2) is 14.3 Å². The van der Waals surface area contributed by atoms with E-state index in [9.17, 15) is 4.79 Å². The SMILES string of the molecule is Cn1cnn(Cc2ccccc2Br)c1=O. The first kappa shape index (κ1) is 10.2. The molecule has 1 heterocycles. The Morgan fingerprint density at radius 3 is 2.73 bits per heavy atom. The normalized spacial score (nSPS) is 10.5. The Kier molecular flexibility index (Phi) is 2.73. The van der Waals surface area contributed by atoms with Gasteiger partial charge in [-0.1, -0.05) is 34.1 Å². The predicted octanol–water partition coefficient (Wildman–Crippen LogP) is 1.39. The van der Waals surface area contributed by atoms with Gasteiger partial charge in [-0.05, 0) is 11.6 Å². The molecule has 5 heteroatoms. The van der Waals surface area contributed by atoms with Crippen LogP contribution < -0.4 is 5.69 Å². The first-order valence-corrected chi connectivity index (χ1v) is 5.29. The molecule has 0 atom stereocenters. The van der Waals surface area contributed by atoms with E-state index in [1.807, 2.05) is 24.3 Å². The molecular weight excluding hydrogens is 258 g/mol. The average molecular weight is 268 g/mol. The predicted molar refractivity (Wildman–Crippen MR) is 60.7 cm³/mol. The quantitative estimate of drug-likeness (QED) is 0.825. The minimum atomic E-state index is -0.106.